The van der Waals surface area contributed by atoms with Gasteiger partial charge in [-0.15, -0.1) is 0 Å². The maximum Gasteiger partial charge on any atom is 0.188 e. The standard InChI is InChI=1S/C15H12Cl4O4.W/c1-20-7-22-15-12(18)5-9(6-13(15)19)23-8-3-10(16)14(21-2)11(17)4-8;/h3-6H,7H2,1-2H3;. The van der Waals surface area contributed by atoms with Crippen molar-refractivity contribution >= 4 is 46.4 Å². The van der Waals surface area contributed by atoms with Crippen molar-refractivity contribution in [2.75, 3.05) is 21.0 Å². The Morgan fingerprint density at radius 2 is 1.17 bits per heavy atom. The molecule has 0 aliphatic carbocycles. The average Bonchev–Trinajstić information content (AvgIpc) is 2.46. The van der Waals surface area contributed by atoms with Crippen LogP contribution in [0, 0.1) is 0 Å². The summed E-state index contributed by atoms with van der Waals surface area (Å²) in [5.41, 5.74) is 0. The van der Waals surface area contributed by atoms with E-state index in [-0.39, 0.29) is 37.9 Å². The minimum Gasteiger partial charge on any atom is -0.494 e. The third kappa shape index (κ3) is 5.32. The average molecular weight is 582 g/mol. The molecular weight excluding hydrogens is 570 g/mol. The summed E-state index contributed by atoms with van der Waals surface area (Å²) in [5.74, 6) is 1.51. The number of ether oxygens (including phenoxy) is 4. The Balaban J connectivity index is 0.00000288. The molecule has 0 unspecified atom stereocenters. The van der Waals surface area contributed by atoms with E-state index in [1.807, 2.05) is 0 Å². The number of hydrogen-bond donors (Lipinski definition) is 0. The van der Waals surface area contributed by atoms with Crippen LogP contribution in [0.15, 0.2) is 24.3 Å². The number of rotatable bonds is 6. The normalized spacial score (nSPS) is 10.1. The zero-order chi connectivity index (χ0) is 17.0. The van der Waals surface area contributed by atoms with Gasteiger partial charge in [-0.25, -0.2) is 0 Å². The monoisotopic (exact) mass is 580 g/mol. The fourth-order valence-electron chi connectivity index (χ4n) is 1.78. The molecule has 0 saturated carbocycles. The molecule has 0 aliphatic heterocycles. The van der Waals surface area contributed by atoms with Crippen LogP contribution in [0.4, 0.5) is 0 Å². The van der Waals surface area contributed by atoms with Crippen molar-refractivity contribution in [3.63, 3.8) is 0 Å². The second-order valence-electron chi connectivity index (χ2n) is 4.29. The molecule has 0 fully saturated rings. The van der Waals surface area contributed by atoms with E-state index in [9.17, 15) is 0 Å². The molecule has 0 atom stereocenters. The summed E-state index contributed by atoms with van der Waals surface area (Å²) in [5, 5.41) is 1.23. The Labute approximate surface area is 174 Å². The van der Waals surface area contributed by atoms with Crippen LogP contribution in [0.25, 0.3) is 0 Å². The van der Waals surface area contributed by atoms with Gasteiger partial charge >= 0.3 is 0 Å². The summed E-state index contributed by atoms with van der Waals surface area (Å²) < 4.78 is 20.9. The molecule has 0 spiro atoms. The topological polar surface area (TPSA) is 36.9 Å². The molecular formula is C15H12Cl4O4W. The van der Waals surface area contributed by atoms with Crippen LogP contribution in [-0.4, -0.2) is 21.0 Å². The predicted molar refractivity (Wildman–Crippen MR) is 92.1 cm³/mol. The molecule has 130 valence electrons. The van der Waals surface area contributed by atoms with Gasteiger partial charge in [-0.3, -0.25) is 0 Å². The molecule has 0 N–H and O–H groups in total. The molecule has 0 aromatic heterocycles. The molecule has 2 aromatic carbocycles. The van der Waals surface area contributed by atoms with Crippen LogP contribution in [0.1, 0.15) is 0 Å². The molecule has 2 rings (SSSR count). The van der Waals surface area contributed by atoms with E-state index in [0.29, 0.717) is 33.0 Å². The first-order valence-corrected chi connectivity index (χ1v) is 7.79. The van der Waals surface area contributed by atoms with Crippen LogP contribution in [-0.2, 0) is 25.8 Å². The van der Waals surface area contributed by atoms with E-state index < -0.39 is 0 Å². The third-order valence-electron chi connectivity index (χ3n) is 2.70. The van der Waals surface area contributed by atoms with Crippen molar-refractivity contribution in [3.8, 4) is 23.0 Å². The van der Waals surface area contributed by atoms with Gasteiger partial charge in [0, 0.05) is 52.4 Å². The fourth-order valence-corrected chi connectivity index (χ4v) is 2.98. The molecule has 0 amide bonds. The zero-order valence-electron chi connectivity index (χ0n) is 12.6. The van der Waals surface area contributed by atoms with Crippen LogP contribution in [0.2, 0.25) is 20.1 Å². The third-order valence-corrected chi connectivity index (χ3v) is 3.83. The van der Waals surface area contributed by atoms with E-state index in [4.69, 9.17) is 65.4 Å². The summed E-state index contributed by atoms with van der Waals surface area (Å²) in [4.78, 5) is 0. The number of methoxy groups -OCH3 is 2. The summed E-state index contributed by atoms with van der Waals surface area (Å²) in [7, 11) is 2.97. The van der Waals surface area contributed by atoms with Gasteiger partial charge in [0.15, 0.2) is 18.3 Å². The van der Waals surface area contributed by atoms with Gasteiger partial charge in [-0.1, -0.05) is 46.4 Å². The number of halogens is 4. The summed E-state index contributed by atoms with van der Waals surface area (Å²) >= 11 is 24.4. The summed E-state index contributed by atoms with van der Waals surface area (Å²) in [6.07, 6.45) is 0. The van der Waals surface area contributed by atoms with Gasteiger partial charge in [-0.05, 0) is 0 Å². The van der Waals surface area contributed by atoms with Gasteiger partial charge in [-0.2, -0.15) is 0 Å². The smallest absolute Gasteiger partial charge is 0.188 e. The van der Waals surface area contributed by atoms with Crippen molar-refractivity contribution in [2.45, 2.75) is 0 Å². The van der Waals surface area contributed by atoms with Gasteiger partial charge in [0.2, 0.25) is 0 Å². The molecule has 4 nitrogen and oxygen atoms in total. The van der Waals surface area contributed by atoms with Crippen LogP contribution in [0.5, 0.6) is 23.0 Å². The van der Waals surface area contributed by atoms with Crippen molar-refractivity contribution in [3.05, 3.63) is 44.4 Å². The summed E-state index contributed by atoms with van der Waals surface area (Å²) in [6.45, 7) is 0.0311. The van der Waals surface area contributed by atoms with Crippen molar-refractivity contribution in [2.24, 2.45) is 0 Å². The molecule has 9 heteroatoms. The molecule has 2 aromatic rings. The molecule has 0 radical (unpaired) electrons. The first kappa shape index (κ1) is 21.7. The Bertz CT molecular complexity index is 666. The van der Waals surface area contributed by atoms with Crippen LogP contribution >= 0.6 is 46.4 Å². The molecule has 0 aliphatic rings. The summed E-state index contributed by atoms with van der Waals surface area (Å²) in [6, 6.07) is 6.27. The van der Waals surface area contributed by atoms with Crippen molar-refractivity contribution in [1.29, 1.82) is 0 Å². The van der Waals surface area contributed by atoms with Gasteiger partial charge < -0.3 is 18.9 Å². The Hall–Kier alpha value is -0.352. The van der Waals surface area contributed by atoms with Gasteiger partial charge in [0.25, 0.3) is 0 Å². The maximum atomic E-state index is 6.13. The minimum absolute atomic E-state index is 0. The molecule has 0 saturated heterocycles. The first-order chi connectivity index (χ1) is 11.0. The van der Waals surface area contributed by atoms with E-state index in [1.165, 1.54) is 14.2 Å². The van der Waals surface area contributed by atoms with Gasteiger partial charge in [0.05, 0.1) is 27.2 Å². The van der Waals surface area contributed by atoms with E-state index in [1.54, 1.807) is 24.3 Å². The first-order valence-electron chi connectivity index (χ1n) is 6.28. The van der Waals surface area contributed by atoms with Crippen molar-refractivity contribution < 1.29 is 40.0 Å². The van der Waals surface area contributed by atoms with E-state index in [0.717, 1.165) is 0 Å². The Kier molecular flexibility index (Phi) is 9.00. The largest absolute Gasteiger partial charge is 0.494 e. The van der Waals surface area contributed by atoms with Crippen molar-refractivity contribution in [1.82, 2.24) is 0 Å². The van der Waals surface area contributed by atoms with E-state index in [2.05, 4.69) is 0 Å². The SMILES string of the molecule is COCOc1c(Cl)cc(Oc2cc(Cl)c(OC)c(Cl)c2)cc1Cl.[W]. The van der Waals surface area contributed by atoms with Crippen LogP contribution < -0.4 is 14.2 Å². The van der Waals surface area contributed by atoms with E-state index >= 15 is 0 Å². The number of hydrogen-bond acceptors (Lipinski definition) is 4. The Morgan fingerprint density at radius 3 is 1.54 bits per heavy atom. The second kappa shape index (κ2) is 9.96. The zero-order valence-corrected chi connectivity index (χ0v) is 18.5. The quantitative estimate of drug-likeness (QED) is 0.388. The predicted octanol–water partition coefficient (Wildman–Crippen LogP) is 6.08. The fraction of sp³-hybridized carbons (Fsp3) is 0.200. The minimum atomic E-state index is 0. The Morgan fingerprint density at radius 1 is 0.750 bits per heavy atom. The van der Waals surface area contributed by atoms with Gasteiger partial charge in [0.1, 0.15) is 11.5 Å². The molecule has 0 heterocycles. The van der Waals surface area contributed by atoms with Crippen LogP contribution in [0.3, 0.4) is 0 Å². The number of benzene rings is 2. The second-order valence-corrected chi connectivity index (χ2v) is 5.92. The molecule has 24 heavy (non-hydrogen) atoms. The molecule has 0 bridgehead atoms. The maximum absolute atomic E-state index is 6.13.